The van der Waals surface area contributed by atoms with Gasteiger partial charge in [0.1, 0.15) is 11.6 Å². The molecule has 0 unspecified atom stereocenters. The van der Waals surface area contributed by atoms with E-state index in [4.69, 9.17) is 0 Å². The summed E-state index contributed by atoms with van der Waals surface area (Å²) in [5.41, 5.74) is 1.12. The lowest BCUT2D eigenvalue weighted by Gasteiger charge is -2.46. The standard InChI is InChI=1S/C24H33N5O3/c30-16-17-8-13-28(14-9-17)24(10-1-2-11-24)23(32)29-12-4-7-21(29)22(31)26-19-5-3-6-20-18(19)15-25-27-20/h3,5-6,15,17,21,30H,1-2,4,7-14,16H2,(H,25,27)(H,26,31)/t21-/m1/s1. The maximum absolute atomic E-state index is 14.0. The van der Waals surface area contributed by atoms with Gasteiger partial charge in [-0.2, -0.15) is 5.10 Å². The monoisotopic (exact) mass is 439 g/mol. The van der Waals surface area contributed by atoms with Crippen LogP contribution in [0.2, 0.25) is 0 Å². The Morgan fingerprint density at radius 3 is 2.66 bits per heavy atom. The summed E-state index contributed by atoms with van der Waals surface area (Å²) < 4.78 is 0. The molecule has 3 heterocycles. The van der Waals surface area contributed by atoms with E-state index in [9.17, 15) is 14.7 Å². The molecule has 0 bridgehead atoms. The molecule has 1 aliphatic carbocycles. The maximum Gasteiger partial charge on any atom is 0.247 e. The highest BCUT2D eigenvalue weighted by Gasteiger charge is 2.51. The number of likely N-dealkylation sites (tertiary alicyclic amines) is 2. The number of aromatic amines is 1. The first-order valence-corrected chi connectivity index (χ1v) is 12.0. The average molecular weight is 440 g/mol. The predicted molar refractivity (Wildman–Crippen MR) is 122 cm³/mol. The number of H-pyrrole nitrogens is 1. The van der Waals surface area contributed by atoms with E-state index in [0.717, 1.165) is 74.6 Å². The lowest BCUT2D eigenvalue weighted by Crippen LogP contribution is -2.61. The summed E-state index contributed by atoms with van der Waals surface area (Å²) in [5.74, 6) is 0.365. The normalized spacial score (nSPS) is 24.3. The minimum atomic E-state index is -0.478. The summed E-state index contributed by atoms with van der Waals surface area (Å²) in [6.45, 7) is 2.57. The highest BCUT2D eigenvalue weighted by atomic mass is 16.3. The number of benzene rings is 1. The minimum absolute atomic E-state index is 0.114. The minimum Gasteiger partial charge on any atom is -0.396 e. The SMILES string of the molecule is O=C(Nc1cccc2[nH]ncc12)[C@H]1CCCN1C(=O)C1(N2CCC(CO)CC2)CCCC1. The van der Waals surface area contributed by atoms with E-state index < -0.39 is 11.6 Å². The van der Waals surface area contributed by atoms with Gasteiger partial charge in [0.2, 0.25) is 11.8 Å². The highest BCUT2D eigenvalue weighted by Crippen LogP contribution is 2.40. The van der Waals surface area contributed by atoms with Crippen LogP contribution in [0, 0.1) is 5.92 Å². The zero-order valence-electron chi connectivity index (χ0n) is 18.6. The molecule has 8 nitrogen and oxygen atoms in total. The number of nitrogens with zero attached hydrogens (tertiary/aromatic N) is 3. The van der Waals surface area contributed by atoms with Gasteiger partial charge in [-0.25, -0.2) is 0 Å². The van der Waals surface area contributed by atoms with Crippen molar-refractivity contribution in [3.05, 3.63) is 24.4 Å². The van der Waals surface area contributed by atoms with E-state index in [-0.39, 0.29) is 18.4 Å². The first-order chi connectivity index (χ1) is 15.6. The molecule has 2 aromatic rings. The number of rotatable bonds is 5. The largest absolute Gasteiger partial charge is 0.396 e. The van der Waals surface area contributed by atoms with E-state index >= 15 is 0 Å². The van der Waals surface area contributed by atoms with Crippen molar-refractivity contribution >= 4 is 28.4 Å². The molecule has 0 spiro atoms. The van der Waals surface area contributed by atoms with Crippen molar-refractivity contribution < 1.29 is 14.7 Å². The van der Waals surface area contributed by atoms with Gasteiger partial charge in [0.25, 0.3) is 0 Å². The van der Waals surface area contributed by atoms with Crippen LogP contribution >= 0.6 is 0 Å². The zero-order valence-corrected chi connectivity index (χ0v) is 18.6. The van der Waals surface area contributed by atoms with E-state index in [1.807, 2.05) is 23.1 Å². The van der Waals surface area contributed by atoms with Gasteiger partial charge in [0.15, 0.2) is 0 Å². The maximum atomic E-state index is 14.0. The van der Waals surface area contributed by atoms with Crippen LogP contribution in [0.5, 0.6) is 0 Å². The van der Waals surface area contributed by atoms with Gasteiger partial charge in [-0.1, -0.05) is 18.9 Å². The summed E-state index contributed by atoms with van der Waals surface area (Å²) in [7, 11) is 0. The number of aliphatic hydroxyl groups excluding tert-OH is 1. The second kappa shape index (κ2) is 8.83. The second-order valence-corrected chi connectivity index (χ2v) is 9.63. The molecular formula is C24H33N5O3. The lowest BCUT2D eigenvalue weighted by atomic mass is 9.87. The van der Waals surface area contributed by atoms with Crippen LogP contribution in [0.1, 0.15) is 51.4 Å². The predicted octanol–water partition coefficient (Wildman–Crippen LogP) is 2.51. The molecule has 3 aliphatic rings. The number of carbonyl (C=O) groups excluding carboxylic acids is 2. The number of anilines is 1. The van der Waals surface area contributed by atoms with Gasteiger partial charge in [-0.05, 0) is 69.7 Å². The van der Waals surface area contributed by atoms with Crippen LogP contribution in [-0.4, -0.2) is 74.7 Å². The third-order valence-electron chi connectivity index (χ3n) is 7.87. The number of piperidine rings is 1. The van der Waals surface area contributed by atoms with Crippen molar-refractivity contribution in [2.45, 2.75) is 62.9 Å². The molecule has 1 aromatic carbocycles. The Bertz CT molecular complexity index is 975. The van der Waals surface area contributed by atoms with Crippen LogP contribution in [0.3, 0.4) is 0 Å². The fourth-order valence-electron chi connectivity index (χ4n) is 6.01. The Labute approximate surface area is 188 Å². The van der Waals surface area contributed by atoms with E-state index in [2.05, 4.69) is 20.4 Å². The van der Waals surface area contributed by atoms with Gasteiger partial charge in [0, 0.05) is 18.5 Å². The Morgan fingerprint density at radius 1 is 1.12 bits per heavy atom. The van der Waals surface area contributed by atoms with Gasteiger partial charge in [0.05, 0.1) is 17.4 Å². The van der Waals surface area contributed by atoms with Gasteiger partial charge < -0.3 is 15.3 Å². The molecule has 1 saturated carbocycles. The van der Waals surface area contributed by atoms with Gasteiger partial charge >= 0.3 is 0 Å². The third kappa shape index (κ3) is 3.69. The summed E-state index contributed by atoms with van der Waals surface area (Å²) in [5, 5.41) is 20.4. The van der Waals surface area contributed by atoms with Crippen molar-refractivity contribution in [2.75, 3.05) is 31.6 Å². The third-order valence-corrected chi connectivity index (χ3v) is 7.87. The smallest absolute Gasteiger partial charge is 0.247 e. The molecule has 1 atom stereocenters. The molecule has 0 radical (unpaired) electrons. The first kappa shape index (κ1) is 21.4. The molecule has 1 aromatic heterocycles. The van der Waals surface area contributed by atoms with Crippen LogP contribution < -0.4 is 5.32 Å². The van der Waals surface area contributed by atoms with Gasteiger partial charge in [-0.3, -0.25) is 19.6 Å². The molecule has 2 amide bonds. The number of carbonyl (C=O) groups is 2. The van der Waals surface area contributed by atoms with E-state index in [0.29, 0.717) is 18.9 Å². The topological polar surface area (TPSA) is 102 Å². The van der Waals surface area contributed by atoms with Crippen molar-refractivity contribution in [3.63, 3.8) is 0 Å². The molecule has 2 saturated heterocycles. The molecule has 8 heteroatoms. The Kier molecular flexibility index (Phi) is 5.90. The lowest BCUT2D eigenvalue weighted by molar-refractivity contribution is -0.149. The second-order valence-electron chi connectivity index (χ2n) is 9.63. The van der Waals surface area contributed by atoms with Crippen molar-refractivity contribution in [3.8, 4) is 0 Å². The first-order valence-electron chi connectivity index (χ1n) is 12.0. The fourth-order valence-corrected chi connectivity index (χ4v) is 6.01. The number of fused-ring (bicyclic) bond motifs is 1. The molecule has 172 valence electrons. The molecule has 3 fully saturated rings. The van der Waals surface area contributed by atoms with Crippen molar-refractivity contribution in [1.82, 2.24) is 20.0 Å². The van der Waals surface area contributed by atoms with Crippen molar-refractivity contribution in [2.24, 2.45) is 5.92 Å². The summed E-state index contributed by atoms with van der Waals surface area (Å²) in [6, 6.07) is 5.25. The Balaban J connectivity index is 1.34. The van der Waals surface area contributed by atoms with Crippen LogP contribution in [-0.2, 0) is 9.59 Å². The van der Waals surface area contributed by atoms with E-state index in [1.54, 1.807) is 6.20 Å². The number of hydrogen-bond acceptors (Lipinski definition) is 5. The average Bonchev–Trinajstić information content (AvgIpc) is 3.59. The van der Waals surface area contributed by atoms with Crippen LogP contribution in [0.4, 0.5) is 5.69 Å². The van der Waals surface area contributed by atoms with Gasteiger partial charge in [-0.15, -0.1) is 0 Å². The molecular weight excluding hydrogens is 406 g/mol. The number of hydrogen-bond donors (Lipinski definition) is 3. The Hall–Kier alpha value is -2.45. The highest BCUT2D eigenvalue weighted by molar-refractivity contribution is 6.04. The Morgan fingerprint density at radius 2 is 1.91 bits per heavy atom. The number of amides is 2. The van der Waals surface area contributed by atoms with Crippen molar-refractivity contribution in [1.29, 1.82) is 0 Å². The molecule has 2 aliphatic heterocycles. The number of aromatic nitrogens is 2. The molecule has 32 heavy (non-hydrogen) atoms. The fraction of sp³-hybridized carbons (Fsp3) is 0.625. The zero-order chi connectivity index (χ0) is 22.1. The van der Waals surface area contributed by atoms with E-state index in [1.165, 1.54) is 0 Å². The number of aliphatic hydroxyl groups is 1. The summed E-state index contributed by atoms with van der Waals surface area (Å²) in [4.78, 5) is 31.5. The van der Waals surface area contributed by atoms with Crippen LogP contribution in [0.15, 0.2) is 24.4 Å². The van der Waals surface area contributed by atoms with Crippen LogP contribution in [0.25, 0.3) is 10.9 Å². The molecule has 5 rings (SSSR count). The number of nitrogens with one attached hydrogen (secondary N) is 2. The quantitative estimate of drug-likeness (QED) is 0.665. The summed E-state index contributed by atoms with van der Waals surface area (Å²) >= 11 is 0. The summed E-state index contributed by atoms with van der Waals surface area (Å²) in [6.07, 6.45) is 8.98. The molecule has 3 N–H and O–H groups in total.